The van der Waals surface area contributed by atoms with Crippen LogP contribution in [0.3, 0.4) is 0 Å². The summed E-state index contributed by atoms with van der Waals surface area (Å²) < 4.78 is 80.0. The Morgan fingerprint density at radius 2 is 1.71 bits per heavy atom. The van der Waals surface area contributed by atoms with Crippen LogP contribution in [-0.2, 0) is 27.4 Å². The predicted octanol–water partition coefficient (Wildman–Crippen LogP) is 5.02. The summed E-state index contributed by atoms with van der Waals surface area (Å²) in [7, 11) is -4.16. The van der Waals surface area contributed by atoms with Crippen LogP contribution >= 0.6 is 0 Å². The minimum atomic E-state index is -4.70. The van der Waals surface area contributed by atoms with Crippen molar-refractivity contribution in [2.24, 2.45) is 0 Å². The summed E-state index contributed by atoms with van der Waals surface area (Å²) in [6, 6.07) is 13.3. The van der Waals surface area contributed by atoms with E-state index < -0.39 is 33.8 Å². The molecule has 222 valence electrons. The lowest BCUT2D eigenvalue weighted by molar-refractivity contribution is -0.141. The van der Waals surface area contributed by atoms with Crippen LogP contribution in [0.15, 0.2) is 65.6 Å². The van der Waals surface area contributed by atoms with E-state index >= 15 is 0 Å². The number of nitrogens with one attached hydrogen (secondary N) is 1. The number of fused-ring (bicyclic) bond motifs is 1. The molecule has 0 unspecified atom stereocenters. The molecule has 1 amide bonds. The lowest BCUT2D eigenvalue weighted by Crippen LogP contribution is -2.55. The number of amides is 1. The molecular formula is C28H33F4N5O3S. The minimum Gasteiger partial charge on any atom is -0.368 e. The number of anilines is 3. The summed E-state index contributed by atoms with van der Waals surface area (Å²) in [5.74, 6) is -0.716. The van der Waals surface area contributed by atoms with E-state index in [0.717, 1.165) is 54.5 Å². The van der Waals surface area contributed by atoms with Gasteiger partial charge in [-0.3, -0.25) is 9.52 Å². The van der Waals surface area contributed by atoms with Crippen LogP contribution in [0.4, 0.5) is 34.8 Å². The first-order valence-electron chi connectivity index (χ1n) is 13.2. The molecule has 3 heterocycles. The molecule has 8 nitrogen and oxygen atoms in total. The van der Waals surface area contributed by atoms with Gasteiger partial charge in [-0.25, -0.2) is 17.8 Å². The summed E-state index contributed by atoms with van der Waals surface area (Å²) in [5.41, 5.74) is 1.36. The van der Waals surface area contributed by atoms with Crippen molar-refractivity contribution in [1.82, 2.24) is 9.88 Å². The molecule has 2 aliphatic heterocycles. The average molecular weight is 596 g/mol. The van der Waals surface area contributed by atoms with Crippen LogP contribution in [-0.4, -0.2) is 63.0 Å². The smallest absolute Gasteiger partial charge is 0.368 e. The molecule has 0 bridgehead atoms. The van der Waals surface area contributed by atoms with E-state index in [9.17, 15) is 30.8 Å². The quantitative estimate of drug-likeness (QED) is 0.403. The number of sulfonamides is 1. The van der Waals surface area contributed by atoms with Crippen LogP contribution in [0.1, 0.15) is 27.5 Å². The van der Waals surface area contributed by atoms with Crippen molar-refractivity contribution >= 4 is 33.1 Å². The first kappa shape index (κ1) is 28.7. The van der Waals surface area contributed by atoms with E-state index in [1.54, 1.807) is 18.2 Å². The molecule has 2 aromatic carbocycles. The van der Waals surface area contributed by atoms with E-state index in [1.165, 1.54) is 24.3 Å². The Morgan fingerprint density at radius 1 is 1.00 bits per heavy atom. The van der Waals surface area contributed by atoms with Crippen LogP contribution in [0.2, 0.25) is 0 Å². The molecule has 3 aromatic rings. The van der Waals surface area contributed by atoms with Crippen molar-refractivity contribution in [2.45, 2.75) is 36.9 Å². The summed E-state index contributed by atoms with van der Waals surface area (Å²) in [6.07, 6.45) is -3.07. The third kappa shape index (κ3) is 6.24. The van der Waals surface area contributed by atoms with Crippen molar-refractivity contribution < 1.29 is 33.6 Å². The standard InChI is InChI=1S/C28H29F4N5O3S.2H2/c1-19(37-13-3-4-20-18-21(29)7-12-24(20)37)27(38)36-16-14-35(15-17-36)22-8-10-23(11-9-22)41(39,40)34-26-6-2-5-25(33-26)28(30,31)32;;/h2,5-12,18-19H,3-4,13-17H2,1H3,(H,33,34);2*1H/t19-;;/m0../s1. The molecule has 0 aliphatic carbocycles. The van der Waals surface area contributed by atoms with Gasteiger partial charge in [0, 0.05) is 47.0 Å². The van der Waals surface area contributed by atoms with Gasteiger partial charge in [-0.15, -0.1) is 0 Å². The molecule has 1 N–H and O–H groups in total. The Labute approximate surface area is 238 Å². The molecule has 0 saturated carbocycles. The number of carbonyl (C=O) groups excluding carboxylic acids is 1. The van der Waals surface area contributed by atoms with E-state index in [0.29, 0.717) is 26.2 Å². The fraction of sp³-hybridized carbons (Fsp3) is 0.357. The molecule has 1 saturated heterocycles. The van der Waals surface area contributed by atoms with Crippen LogP contribution in [0, 0.1) is 5.82 Å². The Kier molecular flexibility index (Phi) is 7.82. The van der Waals surface area contributed by atoms with E-state index in [4.69, 9.17) is 0 Å². The van der Waals surface area contributed by atoms with Gasteiger partial charge in [-0.1, -0.05) is 6.07 Å². The number of nitrogens with zero attached hydrogens (tertiary/aromatic N) is 4. The zero-order valence-corrected chi connectivity index (χ0v) is 23.1. The lowest BCUT2D eigenvalue weighted by atomic mass is 9.99. The Balaban J connectivity index is 0.00000253. The molecule has 13 heteroatoms. The van der Waals surface area contributed by atoms with Gasteiger partial charge in [-0.05, 0) is 79.9 Å². The number of halogens is 4. The van der Waals surface area contributed by atoms with Crippen LogP contribution in [0.25, 0.3) is 0 Å². The molecule has 41 heavy (non-hydrogen) atoms. The Bertz CT molecular complexity index is 1540. The first-order chi connectivity index (χ1) is 19.4. The monoisotopic (exact) mass is 595 g/mol. The maximum atomic E-state index is 13.7. The highest BCUT2D eigenvalue weighted by molar-refractivity contribution is 7.92. The number of carbonyl (C=O) groups is 1. The van der Waals surface area contributed by atoms with Crippen molar-refractivity contribution in [1.29, 1.82) is 0 Å². The van der Waals surface area contributed by atoms with Gasteiger partial charge in [0.25, 0.3) is 10.0 Å². The van der Waals surface area contributed by atoms with Gasteiger partial charge in [0.1, 0.15) is 23.4 Å². The van der Waals surface area contributed by atoms with Crippen molar-refractivity contribution in [3.05, 3.63) is 77.7 Å². The topological polar surface area (TPSA) is 85.8 Å². The molecule has 2 aliphatic rings. The van der Waals surface area contributed by atoms with Crippen LogP contribution < -0.4 is 14.5 Å². The van der Waals surface area contributed by atoms with Gasteiger partial charge in [-0.2, -0.15) is 13.2 Å². The summed E-state index contributed by atoms with van der Waals surface area (Å²) in [5, 5.41) is 0. The zero-order valence-electron chi connectivity index (χ0n) is 22.2. The number of aromatic nitrogens is 1. The van der Waals surface area contributed by atoms with Gasteiger partial charge < -0.3 is 14.7 Å². The number of benzene rings is 2. The van der Waals surface area contributed by atoms with Gasteiger partial charge >= 0.3 is 6.18 Å². The molecule has 5 rings (SSSR count). The van der Waals surface area contributed by atoms with Crippen molar-refractivity contribution in [2.75, 3.05) is 47.2 Å². The molecule has 0 radical (unpaired) electrons. The normalized spacial score (nSPS) is 16.8. The Hall–Kier alpha value is -3.87. The van der Waals surface area contributed by atoms with Crippen LogP contribution in [0.5, 0.6) is 0 Å². The SMILES string of the molecule is C[C@@H](C(=O)N1CCN(c2ccc(S(=O)(=O)Nc3cccc(C(F)(F)F)n3)cc2)CC1)N1CCCc2cc(F)ccc21.[HH].[HH]. The number of piperazine rings is 1. The number of pyridine rings is 1. The second-order valence-corrected chi connectivity index (χ2v) is 11.7. The molecule has 0 spiro atoms. The van der Waals surface area contributed by atoms with Crippen molar-refractivity contribution in [3.8, 4) is 0 Å². The number of aryl methyl sites for hydroxylation is 1. The van der Waals surface area contributed by atoms with Gasteiger partial charge in [0.15, 0.2) is 0 Å². The lowest BCUT2D eigenvalue weighted by Gasteiger charge is -2.41. The fourth-order valence-electron chi connectivity index (χ4n) is 5.26. The van der Waals surface area contributed by atoms with Crippen molar-refractivity contribution in [3.63, 3.8) is 0 Å². The molecule has 1 atom stereocenters. The Morgan fingerprint density at radius 3 is 2.39 bits per heavy atom. The van der Waals surface area contributed by atoms with Gasteiger partial charge in [0.2, 0.25) is 5.91 Å². The second kappa shape index (κ2) is 11.2. The number of hydrogen-bond donors (Lipinski definition) is 1. The zero-order chi connectivity index (χ0) is 29.4. The van der Waals surface area contributed by atoms with E-state index in [-0.39, 0.29) is 19.5 Å². The highest BCUT2D eigenvalue weighted by Gasteiger charge is 2.33. The van der Waals surface area contributed by atoms with E-state index in [2.05, 4.69) is 9.71 Å². The third-order valence-electron chi connectivity index (χ3n) is 7.40. The summed E-state index contributed by atoms with van der Waals surface area (Å²) >= 11 is 0. The van der Waals surface area contributed by atoms with Gasteiger partial charge in [0.05, 0.1) is 4.90 Å². The fourth-order valence-corrected chi connectivity index (χ4v) is 6.26. The second-order valence-electron chi connectivity index (χ2n) is 10.1. The number of rotatable bonds is 6. The maximum absolute atomic E-state index is 13.7. The number of alkyl halides is 3. The molecule has 1 fully saturated rings. The van der Waals surface area contributed by atoms with E-state index in [1.807, 2.05) is 21.6 Å². The molecular weight excluding hydrogens is 562 g/mol. The third-order valence-corrected chi connectivity index (χ3v) is 8.77. The largest absolute Gasteiger partial charge is 0.433 e. The maximum Gasteiger partial charge on any atom is 0.433 e. The summed E-state index contributed by atoms with van der Waals surface area (Å²) in [6.45, 7) is 4.64. The summed E-state index contributed by atoms with van der Waals surface area (Å²) in [4.78, 5) is 22.5. The molecule has 1 aromatic heterocycles. The highest BCUT2D eigenvalue weighted by Crippen LogP contribution is 2.31. The number of hydrogen-bond acceptors (Lipinski definition) is 6. The minimum absolute atomic E-state index is 0. The predicted molar refractivity (Wildman–Crippen MR) is 151 cm³/mol. The highest BCUT2D eigenvalue weighted by atomic mass is 32.2. The first-order valence-corrected chi connectivity index (χ1v) is 14.7. The average Bonchev–Trinajstić information content (AvgIpc) is 2.95.